The number of carboxylic acid groups (broad SMARTS) is 1. The standard InChI is InChI=1S/C18H19NO2/c1-2-14-15-10-6-7-11-16(15)19(17(14)18(20)21)12-13-8-4-3-5-9-13/h3-11,14,17H,2,12H2,1H3,(H,20,21). The number of fused-ring (bicyclic) bond motifs is 1. The van der Waals surface area contributed by atoms with Crippen molar-refractivity contribution in [2.45, 2.75) is 31.8 Å². The number of hydrogen-bond acceptors (Lipinski definition) is 2. The summed E-state index contributed by atoms with van der Waals surface area (Å²) >= 11 is 0. The Bertz CT molecular complexity index is 639. The number of aliphatic carboxylic acids is 1. The van der Waals surface area contributed by atoms with Crippen molar-refractivity contribution in [3.05, 3.63) is 65.7 Å². The molecule has 3 nitrogen and oxygen atoms in total. The fraction of sp³-hybridized carbons (Fsp3) is 0.278. The molecule has 0 fully saturated rings. The summed E-state index contributed by atoms with van der Waals surface area (Å²) in [5.74, 6) is -0.684. The van der Waals surface area contributed by atoms with Crippen molar-refractivity contribution in [3.8, 4) is 0 Å². The smallest absolute Gasteiger partial charge is 0.326 e. The van der Waals surface area contributed by atoms with Gasteiger partial charge in [-0.3, -0.25) is 0 Å². The highest BCUT2D eigenvalue weighted by atomic mass is 16.4. The number of nitrogens with zero attached hydrogens (tertiary/aromatic N) is 1. The molecule has 1 aliphatic rings. The van der Waals surface area contributed by atoms with Gasteiger partial charge in [0, 0.05) is 18.2 Å². The summed E-state index contributed by atoms with van der Waals surface area (Å²) in [4.78, 5) is 13.8. The van der Waals surface area contributed by atoms with Gasteiger partial charge in [-0.1, -0.05) is 55.5 Å². The van der Waals surface area contributed by atoms with Gasteiger partial charge in [-0.25, -0.2) is 4.79 Å². The molecule has 0 saturated carbocycles. The zero-order valence-corrected chi connectivity index (χ0v) is 12.1. The van der Waals surface area contributed by atoms with Gasteiger partial charge in [0.2, 0.25) is 0 Å². The van der Waals surface area contributed by atoms with Crippen LogP contribution in [0.3, 0.4) is 0 Å². The maximum atomic E-state index is 11.8. The average molecular weight is 281 g/mol. The van der Waals surface area contributed by atoms with Gasteiger partial charge in [-0.15, -0.1) is 0 Å². The molecule has 0 radical (unpaired) electrons. The molecule has 2 atom stereocenters. The van der Waals surface area contributed by atoms with Gasteiger partial charge in [0.15, 0.2) is 0 Å². The van der Waals surface area contributed by atoms with Crippen molar-refractivity contribution in [1.29, 1.82) is 0 Å². The van der Waals surface area contributed by atoms with E-state index in [0.717, 1.165) is 23.2 Å². The number of hydrogen-bond donors (Lipinski definition) is 1. The van der Waals surface area contributed by atoms with Crippen LogP contribution in [0, 0.1) is 0 Å². The van der Waals surface area contributed by atoms with Crippen LogP contribution < -0.4 is 4.90 Å². The molecule has 3 rings (SSSR count). The zero-order valence-electron chi connectivity index (χ0n) is 12.1. The first-order valence-electron chi connectivity index (χ1n) is 7.34. The molecule has 1 N–H and O–H groups in total. The highest BCUT2D eigenvalue weighted by Gasteiger charge is 2.41. The SMILES string of the molecule is CCC1c2ccccc2N(Cc2ccccc2)C1C(=O)O. The fourth-order valence-electron chi connectivity index (χ4n) is 3.31. The highest BCUT2D eigenvalue weighted by molar-refractivity contribution is 5.84. The second-order valence-electron chi connectivity index (χ2n) is 5.47. The lowest BCUT2D eigenvalue weighted by atomic mass is 9.92. The summed E-state index contributed by atoms with van der Waals surface area (Å²) in [5.41, 5.74) is 3.35. The van der Waals surface area contributed by atoms with Crippen LogP contribution in [-0.2, 0) is 11.3 Å². The predicted molar refractivity (Wildman–Crippen MR) is 83.5 cm³/mol. The number of carboxylic acids is 1. The number of anilines is 1. The average Bonchev–Trinajstić information content (AvgIpc) is 2.82. The predicted octanol–water partition coefficient (Wildman–Crippen LogP) is 3.65. The van der Waals surface area contributed by atoms with Gasteiger partial charge in [0.25, 0.3) is 0 Å². The Morgan fingerprint density at radius 1 is 1.10 bits per heavy atom. The molecule has 1 aliphatic heterocycles. The van der Waals surface area contributed by atoms with Crippen molar-refractivity contribution in [2.24, 2.45) is 0 Å². The van der Waals surface area contributed by atoms with E-state index in [4.69, 9.17) is 0 Å². The molecule has 0 bridgehead atoms. The molecule has 0 amide bonds. The summed E-state index contributed by atoms with van der Waals surface area (Å²) < 4.78 is 0. The third-order valence-corrected chi connectivity index (χ3v) is 4.25. The van der Waals surface area contributed by atoms with Crippen LogP contribution in [0.25, 0.3) is 0 Å². The molecular weight excluding hydrogens is 262 g/mol. The van der Waals surface area contributed by atoms with Gasteiger partial charge in [0.05, 0.1) is 0 Å². The minimum absolute atomic E-state index is 0.0578. The van der Waals surface area contributed by atoms with E-state index in [1.807, 2.05) is 53.4 Å². The molecule has 3 heteroatoms. The van der Waals surface area contributed by atoms with Gasteiger partial charge in [-0.05, 0) is 23.6 Å². The Hall–Kier alpha value is -2.29. The summed E-state index contributed by atoms with van der Waals surface area (Å²) in [5, 5.41) is 9.69. The molecule has 0 aliphatic carbocycles. The minimum atomic E-state index is -0.742. The first-order chi connectivity index (χ1) is 10.2. The van der Waals surface area contributed by atoms with Crippen molar-refractivity contribution in [2.75, 3.05) is 4.90 Å². The molecule has 21 heavy (non-hydrogen) atoms. The molecule has 0 aromatic heterocycles. The van der Waals surface area contributed by atoms with Gasteiger partial charge in [0.1, 0.15) is 6.04 Å². The number of benzene rings is 2. The van der Waals surface area contributed by atoms with E-state index < -0.39 is 12.0 Å². The highest BCUT2D eigenvalue weighted by Crippen LogP contribution is 2.43. The Labute approximate surface area is 124 Å². The maximum Gasteiger partial charge on any atom is 0.326 e. The van der Waals surface area contributed by atoms with Gasteiger partial charge in [-0.2, -0.15) is 0 Å². The topological polar surface area (TPSA) is 40.5 Å². The second kappa shape index (κ2) is 5.60. The van der Waals surface area contributed by atoms with E-state index in [0.29, 0.717) is 6.54 Å². The first-order valence-corrected chi connectivity index (χ1v) is 7.34. The molecule has 0 spiro atoms. The quantitative estimate of drug-likeness (QED) is 0.930. The van der Waals surface area contributed by atoms with Crippen LogP contribution in [0.1, 0.15) is 30.4 Å². The summed E-state index contributed by atoms with van der Waals surface area (Å²) in [7, 11) is 0. The number of para-hydroxylation sites is 1. The van der Waals surface area contributed by atoms with Crippen LogP contribution in [0.2, 0.25) is 0 Å². The largest absolute Gasteiger partial charge is 0.480 e. The molecule has 1 heterocycles. The Kier molecular flexibility index (Phi) is 3.65. The van der Waals surface area contributed by atoms with E-state index in [-0.39, 0.29) is 5.92 Å². The molecule has 2 unspecified atom stereocenters. The summed E-state index contributed by atoms with van der Waals surface area (Å²) in [6.07, 6.45) is 0.833. The van der Waals surface area contributed by atoms with Crippen LogP contribution in [0.5, 0.6) is 0 Å². The van der Waals surface area contributed by atoms with Gasteiger partial charge >= 0.3 is 5.97 Å². The molecule has 2 aromatic rings. The van der Waals surface area contributed by atoms with E-state index >= 15 is 0 Å². The van der Waals surface area contributed by atoms with E-state index in [2.05, 4.69) is 13.0 Å². The number of rotatable bonds is 4. The zero-order chi connectivity index (χ0) is 14.8. The monoisotopic (exact) mass is 281 g/mol. The first kappa shape index (κ1) is 13.7. The second-order valence-corrected chi connectivity index (χ2v) is 5.47. The molecule has 2 aromatic carbocycles. The van der Waals surface area contributed by atoms with Crippen LogP contribution in [0.15, 0.2) is 54.6 Å². The van der Waals surface area contributed by atoms with Gasteiger partial charge < -0.3 is 10.0 Å². The van der Waals surface area contributed by atoms with E-state index in [1.165, 1.54) is 0 Å². The van der Waals surface area contributed by atoms with E-state index in [9.17, 15) is 9.90 Å². The summed E-state index contributed by atoms with van der Waals surface area (Å²) in [6, 6.07) is 17.6. The molecule has 0 saturated heterocycles. The van der Waals surface area contributed by atoms with Crippen molar-refractivity contribution < 1.29 is 9.90 Å². The Balaban J connectivity index is 2.01. The van der Waals surface area contributed by atoms with Crippen LogP contribution in [0.4, 0.5) is 5.69 Å². The number of carbonyl (C=O) groups is 1. The Morgan fingerprint density at radius 3 is 2.43 bits per heavy atom. The van der Waals surface area contributed by atoms with Crippen molar-refractivity contribution >= 4 is 11.7 Å². The lowest BCUT2D eigenvalue weighted by molar-refractivity contribution is -0.139. The third-order valence-electron chi connectivity index (χ3n) is 4.25. The Morgan fingerprint density at radius 2 is 1.76 bits per heavy atom. The molecule has 108 valence electrons. The van der Waals surface area contributed by atoms with Crippen molar-refractivity contribution in [1.82, 2.24) is 0 Å². The van der Waals surface area contributed by atoms with Crippen LogP contribution in [-0.4, -0.2) is 17.1 Å². The fourth-order valence-corrected chi connectivity index (χ4v) is 3.31. The maximum absolute atomic E-state index is 11.8. The lowest BCUT2D eigenvalue weighted by Crippen LogP contribution is -2.40. The third kappa shape index (κ3) is 2.40. The normalized spacial score (nSPS) is 20.3. The summed E-state index contributed by atoms with van der Waals surface area (Å²) in [6.45, 7) is 2.69. The van der Waals surface area contributed by atoms with Crippen LogP contribution >= 0.6 is 0 Å². The van der Waals surface area contributed by atoms with E-state index in [1.54, 1.807) is 0 Å². The van der Waals surface area contributed by atoms with Crippen molar-refractivity contribution in [3.63, 3.8) is 0 Å². The lowest BCUT2D eigenvalue weighted by Gasteiger charge is -2.27. The molecular formula is C18H19NO2. The minimum Gasteiger partial charge on any atom is -0.480 e.